The van der Waals surface area contributed by atoms with E-state index in [2.05, 4.69) is 5.32 Å². The third-order valence-corrected chi connectivity index (χ3v) is 7.05. The van der Waals surface area contributed by atoms with Gasteiger partial charge in [-0.3, -0.25) is 9.10 Å². The van der Waals surface area contributed by atoms with Gasteiger partial charge >= 0.3 is 10.0 Å². The lowest BCUT2D eigenvalue weighted by molar-refractivity contribution is -0.0243. The molecule has 1 N–H and O–H groups in total. The van der Waals surface area contributed by atoms with Gasteiger partial charge in [0, 0.05) is 12.5 Å². The van der Waals surface area contributed by atoms with Crippen LogP contribution in [0.1, 0.15) is 35.3 Å². The molecule has 0 saturated carbocycles. The molecule has 36 heavy (non-hydrogen) atoms. The fourth-order valence-electron chi connectivity index (χ4n) is 3.69. The number of nitrogens with one attached hydrogen (secondary N) is 1. The van der Waals surface area contributed by atoms with Gasteiger partial charge in [-0.15, -0.1) is 0 Å². The first kappa shape index (κ1) is 25.2. The zero-order valence-corrected chi connectivity index (χ0v) is 20.7. The number of hydrogen-bond donors (Lipinski definition) is 1. The van der Waals surface area contributed by atoms with Crippen LogP contribution in [0.25, 0.3) is 0 Å². The molecule has 1 heterocycles. The van der Waals surface area contributed by atoms with Crippen molar-refractivity contribution in [1.82, 2.24) is 5.32 Å². The summed E-state index contributed by atoms with van der Waals surface area (Å²) in [5.74, 6) is -1.39. The van der Waals surface area contributed by atoms with Gasteiger partial charge in [0.1, 0.15) is 12.1 Å². The van der Waals surface area contributed by atoms with Crippen LogP contribution in [-0.2, 0) is 32.5 Å². The van der Waals surface area contributed by atoms with Crippen LogP contribution in [0.3, 0.4) is 0 Å². The van der Waals surface area contributed by atoms with Gasteiger partial charge in [-0.25, -0.2) is 4.39 Å². The number of ether oxygens (including phenoxy) is 2. The van der Waals surface area contributed by atoms with Crippen LogP contribution < -0.4 is 9.62 Å². The highest BCUT2D eigenvalue weighted by Gasteiger charge is 2.36. The second-order valence-electron chi connectivity index (χ2n) is 8.60. The Labute approximate surface area is 210 Å². The van der Waals surface area contributed by atoms with Crippen molar-refractivity contribution in [1.29, 1.82) is 0 Å². The summed E-state index contributed by atoms with van der Waals surface area (Å²) in [6.07, 6.45) is 0.624. The summed E-state index contributed by atoms with van der Waals surface area (Å²) in [4.78, 5) is 12.6. The number of rotatable bonds is 9. The van der Waals surface area contributed by atoms with Gasteiger partial charge in [0.25, 0.3) is 11.0 Å². The van der Waals surface area contributed by atoms with Crippen LogP contribution in [0.2, 0.25) is 0 Å². The molecule has 1 amide bonds. The van der Waals surface area contributed by atoms with Crippen LogP contribution >= 0.6 is 0 Å². The summed E-state index contributed by atoms with van der Waals surface area (Å²) in [5.41, 5.74) is 1.48. The number of sulfonamides is 1. The molecule has 0 spiro atoms. The second kappa shape index (κ2) is 10.8. The molecule has 4 rings (SSSR count). The van der Waals surface area contributed by atoms with Crippen molar-refractivity contribution in [2.24, 2.45) is 0 Å². The molecule has 1 aliphatic rings. The maximum absolute atomic E-state index is 14.5. The number of amides is 1. The number of nitrogens with zero attached hydrogens (tertiary/aromatic N) is 1. The van der Waals surface area contributed by atoms with Crippen molar-refractivity contribution in [2.45, 2.75) is 39.1 Å². The molecule has 188 valence electrons. The molecular formula is C27H27FN2O5S. The number of benzene rings is 3. The molecule has 3 aromatic rings. The van der Waals surface area contributed by atoms with Gasteiger partial charge in [-0.2, -0.15) is 8.42 Å². The Morgan fingerprint density at radius 1 is 1.00 bits per heavy atom. The van der Waals surface area contributed by atoms with E-state index in [4.69, 9.17) is 9.47 Å². The highest BCUT2D eigenvalue weighted by Crippen LogP contribution is 2.31. The van der Waals surface area contributed by atoms with Crippen molar-refractivity contribution < 1.29 is 27.1 Å². The topological polar surface area (TPSA) is 84.9 Å². The third kappa shape index (κ3) is 5.85. The van der Waals surface area contributed by atoms with Gasteiger partial charge < -0.3 is 14.8 Å². The van der Waals surface area contributed by atoms with Gasteiger partial charge in [0.05, 0.1) is 17.8 Å². The Morgan fingerprint density at radius 3 is 2.28 bits per heavy atom. The zero-order valence-electron chi connectivity index (χ0n) is 19.9. The van der Waals surface area contributed by atoms with Gasteiger partial charge in [0.2, 0.25) is 6.29 Å². The minimum Gasteiger partial charge on any atom is -0.457 e. The summed E-state index contributed by atoms with van der Waals surface area (Å²) in [6, 6.07) is 21.8. The van der Waals surface area contributed by atoms with Crippen molar-refractivity contribution in [3.8, 4) is 0 Å². The Morgan fingerprint density at radius 2 is 1.64 bits per heavy atom. The normalized spacial score (nSPS) is 15.1. The summed E-state index contributed by atoms with van der Waals surface area (Å²) in [7, 11) is -4.26. The van der Waals surface area contributed by atoms with Crippen LogP contribution in [0, 0.1) is 5.82 Å². The number of carbonyl (C=O) groups is 1. The standard InChI is InChI=1S/C27H27FN2O5S/c1-19(2)29-27(31)23-16-22(13-14-24(23)28)30(17-21-11-7-4-8-12-21)36(32,33)26-18-34-25(35-26)15-20-9-5-3-6-10-20/h3-14,16,18-19,25H,15,17H2,1-2H3,(H,29,31). The molecule has 0 radical (unpaired) electrons. The molecule has 1 atom stereocenters. The van der Waals surface area contributed by atoms with E-state index in [-0.39, 0.29) is 28.9 Å². The lowest BCUT2D eigenvalue weighted by Crippen LogP contribution is -2.34. The molecule has 0 saturated heterocycles. The average Bonchev–Trinajstić information content (AvgIpc) is 3.33. The fraction of sp³-hybridized carbons (Fsp3) is 0.222. The SMILES string of the molecule is CC(C)NC(=O)c1cc(N(Cc2ccccc2)S(=O)(=O)C2=COC(Cc3ccccc3)O2)ccc1F. The van der Waals surface area contributed by atoms with Crippen LogP contribution in [0.15, 0.2) is 90.2 Å². The van der Waals surface area contributed by atoms with Crippen LogP contribution in [0.5, 0.6) is 0 Å². The highest BCUT2D eigenvalue weighted by molar-refractivity contribution is 7.96. The third-order valence-electron chi connectivity index (χ3n) is 5.42. The molecular weight excluding hydrogens is 483 g/mol. The molecule has 0 bridgehead atoms. The van der Waals surface area contributed by atoms with E-state index in [0.717, 1.165) is 22.2 Å². The number of carbonyl (C=O) groups excluding carboxylic acids is 1. The predicted octanol–water partition coefficient (Wildman–Crippen LogP) is 4.71. The van der Waals surface area contributed by atoms with Crippen LogP contribution in [-0.4, -0.2) is 26.7 Å². The van der Waals surface area contributed by atoms with Crippen molar-refractivity contribution in [3.05, 3.63) is 113 Å². The summed E-state index contributed by atoms with van der Waals surface area (Å²) < 4.78 is 54.3. The maximum atomic E-state index is 14.5. The predicted molar refractivity (Wildman–Crippen MR) is 135 cm³/mol. The molecule has 9 heteroatoms. The van der Waals surface area contributed by atoms with Crippen molar-refractivity contribution in [3.63, 3.8) is 0 Å². The lowest BCUT2D eigenvalue weighted by Gasteiger charge is -2.25. The van der Waals surface area contributed by atoms with Gasteiger partial charge in [0.15, 0.2) is 0 Å². The monoisotopic (exact) mass is 510 g/mol. The van der Waals surface area contributed by atoms with E-state index < -0.39 is 28.0 Å². The molecule has 0 fully saturated rings. The number of anilines is 1. The summed E-state index contributed by atoms with van der Waals surface area (Å²) in [5, 5.41) is 2.27. The van der Waals surface area contributed by atoms with E-state index in [1.54, 1.807) is 38.1 Å². The average molecular weight is 511 g/mol. The number of halogens is 1. The Kier molecular flexibility index (Phi) is 7.59. The number of hydrogen-bond acceptors (Lipinski definition) is 5. The Balaban J connectivity index is 1.65. The lowest BCUT2D eigenvalue weighted by atomic mass is 10.1. The molecule has 3 aromatic carbocycles. The molecule has 1 aliphatic heterocycles. The van der Waals surface area contributed by atoms with Gasteiger partial charge in [-0.05, 0) is 43.2 Å². The second-order valence-corrected chi connectivity index (χ2v) is 10.4. The summed E-state index contributed by atoms with van der Waals surface area (Å²) in [6.45, 7) is 3.44. The van der Waals surface area contributed by atoms with Crippen LogP contribution in [0.4, 0.5) is 10.1 Å². The van der Waals surface area contributed by atoms with Crippen molar-refractivity contribution >= 4 is 21.6 Å². The van der Waals surface area contributed by atoms with E-state index >= 15 is 0 Å². The quantitative estimate of drug-likeness (QED) is 0.451. The molecule has 0 aliphatic carbocycles. The fourth-order valence-corrected chi connectivity index (χ4v) is 5.02. The first-order valence-electron chi connectivity index (χ1n) is 11.5. The Hall–Kier alpha value is -3.85. The largest absolute Gasteiger partial charge is 0.457 e. The van der Waals surface area contributed by atoms with E-state index in [0.29, 0.717) is 12.0 Å². The molecule has 1 unspecified atom stereocenters. The minimum atomic E-state index is -4.26. The van der Waals surface area contributed by atoms with E-state index in [1.807, 2.05) is 36.4 Å². The molecule has 0 aromatic heterocycles. The summed E-state index contributed by atoms with van der Waals surface area (Å²) >= 11 is 0. The zero-order chi connectivity index (χ0) is 25.7. The van der Waals surface area contributed by atoms with Crippen molar-refractivity contribution in [2.75, 3.05) is 4.31 Å². The maximum Gasteiger partial charge on any atom is 0.300 e. The smallest absolute Gasteiger partial charge is 0.300 e. The van der Waals surface area contributed by atoms with Gasteiger partial charge in [-0.1, -0.05) is 60.7 Å². The minimum absolute atomic E-state index is 0.0654. The first-order valence-corrected chi connectivity index (χ1v) is 12.9. The van der Waals surface area contributed by atoms with E-state index in [9.17, 15) is 17.6 Å². The Bertz CT molecular complexity index is 1350. The first-order chi connectivity index (χ1) is 17.2. The van der Waals surface area contributed by atoms with E-state index in [1.165, 1.54) is 12.1 Å². The molecule has 7 nitrogen and oxygen atoms in total. The highest BCUT2D eigenvalue weighted by atomic mass is 32.2.